The third-order valence-corrected chi connectivity index (χ3v) is 5.78. The summed E-state index contributed by atoms with van der Waals surface area (Å²) in [7, 11) is -1.61. The largest absolute Gasteiger partial charge is 0.495 e. The molecule has 0 amide bonds. The number of hydrogen-bond acceptors (Lipinski definition) is 6. The van der Waals surface area contributed by atoms with E-state index in [2.05, 4.69) is 10.4 Å². The first-order chi connectivity index (χ1) is 9.10. The minimum Gasteiger partial charge on any atom is -0.495 e. The highest BCUT2D eigenvalue weighted by atomic mass is 32.2. The summed E-state index contributed by atoms with van der Waals surface area (Å²) in [5.41, 5.74) is 3.14. The summed E-state index contributed by atoms with van der Waals surface area (Å²) in [4.78, 5) is 4.23. The predicted molar refractivity (Wildman–Crippen MR) is 72.3 cm³/mol. The Kier molecular flexibility index (Phi) is 4.38. The number of rotatable bonds is 4. The van der Waals surface area contributed by atoms with E-state index in [-0.39, 0.29) is 5.75 Å². The zero-order valence-electron chi connectivity index (χ0n) is 10.9. The third-order valence-electron chi connectivity index (χ3n) is 3.49. The lowest BCUT2D eigenvalue weighted by molar-refractivity contribution is 0.384. The van der Waals surface area contributed by atoms with Crippen LogP contribution in [0.5, 0.6) is 5.75 Å². The molecule has 1 aliphatic rings. The Morgan fingerprint density at radius 3 is 2.95 bits per heavy atom. The molecule has 2 atom stereocenters. The molecule has 0 aliphatic carbocycles. The highest BCUT2D eigenvalue weighted by molar-refractivity contribution is 7.92. The molecular formula is C12H19N3O3S. The summed E-state index contributed by atoms with van der Waals surface area (Å²) in [5.74, 6) is 6.33. The van der Waals surface area contributed by atoms with Crippen LogP contribution in [0.15, 0.2) is 18.3 Å². The molecule has 2 rings (SSSR count). The Morgan fingerprint density at radius 2 is 2.32 bits per heavy atom. The second-order valence-electron chi connectivity index (χ2n) is 4.64. The van der Waals surface area contributed by atoms with Gasteiger partial charge in [0.15, 0.2) is 9.84 Å². The standard InChI is InChI=1S/C12H19N3O3S/c1-18-9-5-4-7-14-11(9)12(15-13)10-6-2-3-8-19(10,16)17/h4-5,7,10,12,15H,2-3,6,8,13H2,1H3. The number of nitrogens with zero attached hydrogens (tertiary/aromatic N) is 1. The van der Waals surface area contributed by atoms with Gasteiger partial charge in [0.05, 0.1) is 24.2 Å². The fraction of sp³-hybridized carbons (Fsp3) is 0.583. The highest BCUT2D eigenvalue weighted by Crippen LogP contribution is 2.33. The van der Waals surface area contributed by atoms with Gasteiger partial charge in [-0.05, 0) is 25.0 Å². The van der Waals surface area contributed by atoms with E-state index < -0.39 is 21.1 Å². The lowest BCUT2D eigenvalue weighted by Gasteiger charge is -2.29. The van der Waals surface area contributed by atoms with Crippen molar-refractivity contribution in [3.63, 3.8) is 0 Å². The van der Waals surface area contributed by atoms with Crippen LogP contribution in [0.1, 0.15) is 31.0 Å². The van der Waals surface area contributed by atoms with Gasteiger partial charge in [-0.25, -0.2) is 13.8 Å². The van der Waals surface area contributed by atoms with Crippen LogP contribution < -0.4 is 16.0 Å². The van der Waals surface area contributed by atoms with Crippen LogP contribution in [0, 0.1) is 0 Å². The Bertz CT molecular complexity index is 533. The van der Waals surface area contributed by atoms with E-state index in [0.29, 0.717) is 17.9 Å². The molecule has 1 aromatic heterocycles. The normalized spacial score (nSPS) is 23.8. The lowest BCUT2D eigenvalue weighted by Crippen LogP contribution is -2.43. The SMILES string of the molecule is COc1cccnc1C(NN)C1CCCCS1(=O)=O. The molecule has 7 heteroatoms. The van der Waals surface area contributed by atoms with Crippen LogP contribution in [-0.4, -0.2) is 31.5 Å². The second-order valence-corrected chi connectivity index (χ2v) is 6.98. The monoisotopic (exact) mass is 285 g/mol. The van der Waals surface area contributed by atoms with E-state index in [0.717, 1.165) is 12.8 Å². The average molecular weight is 285 g/mol. The van der Waals surface area contributed by atoms with Crippen molar-refractivity contribution in [3.05, 3.63) is 24.0 Å². The third kappa shape index (κ3) is 2.88. The smallest absolute Gasteiger partial charge is 0.155 e. The number of methoxy groups -OCH3 is 1. The fourth-order valence-electron chi connectivity index (χ4n) is 2.52. The van der Waals surface area contributed by atoms with E-state index >= 15 is 0 Å². The summed E-state index contributed by atoms with van der Waals surface area (Å²) < 4.78 is 29.6. The highest BCUT2D eigenvalue weighted by Gasteiger charge is 2.37. The van der Waals surface area contributed by atoms with Gasteiger partial charge in [0.25, 0.3) is 0 Å². The first-order valence-corrected chi connectivity index (χ1v) is 7.98. The zero-order valence-corrected chi connectivity index (χ0v) is 11.7. The number of sulfone groups is 1. The maximum absolute atomic E-state index is 12.2. The molecule has 2 unspecified atom stereocenters. The van der Waals surface area contributed by atoms with E-state index in [1.807, 2.05) is 0 Å². The van der Waals surface area contributed by atoms with Crippen molar-refractivity contribution in [2.75, 3.05) is 12.9 Å². The van der Waals surface area contributed by atoms with E-state index in [1.165, 1.54) is 7.11 Å². The molecule has 19 heavy (non-hydrogen) atoms. The van der Waals surface area contributed by atoms with Crippen LogP contribution in [0.2, 0.25) is 0 Å². The van der Waals surface area contributed by atoms with Crippen LogP contribution in [0.3, 0.4) is 0 Å². The first-order valence-electron chi connectivity index (χ1n) is 6.26. The van der Waals surface area contributed by atoms with Gasteiger partial charge >= 0.3 is 0 Å². The topological polar surface area (TPSA) is 94.3 Å². The van der Waals surface area contributed by atoms with Crippen molar-refractivity contribution in [3.8, 4) is 5.75 Å². The average Bonchev–Trinajstić information content (AvgIpc) is 2.41. The van der Waals surface area contributed by atoms with Crippen LogP contribution in [-0.2, 0) is 9.84 Å². The molecule has 1 aromatic rings. The minimum absolute atomic E-state index is 0.213. The zero-order chi connectivity index (χ0) is 13.9. The molecule has 0 saturated carbocycles. The van der Waals surface area contributed by atoms with Gasteiger partial charge in [0, 0.05) is 6.20 Å². The van der Waals surface area contributed by atoms with Gasteiger partial charge in [-0.15, -0.1) is 0 Å². The van der Waals surface area contributed by atoms with Gasteiger partial charge in [0.1, 0.15) is 11.4 Å². The van der Waals surface area contributed by atoms with E-state index in [9.17, 15) is 8.42 Å². The molecule has 106 valence electrons. The predicted octanol–water partition coefficient (Wildman–Crippen LogP) is 0.562. The first kappa shape index (κ1) is 14.2. The number of nitrogens with one attached hydrogen (secondary N) is 1. The molecule has 3 N–H and O–H groups in total. The maximum Gasteiger partial charge on any atom is 0.155 e. The van der Waals surface area contributed by atoms with Crippen molar-refractivity contribution >= 4 is 9.84 Å². The second kappa shape index (κ2) is 5.85. The van der Waals surface area contributed by atoms with Crippen molar-refractivity contribution < 1.29 is 13.2 Å². The summed E-state index contributed by atoms with van der Waals surface area (Å²) in [5, 5.41) is -0.546. The molecule has 1 fully saturated rings. The minimum atomic E-state index is -3.15. The van der Waals surface area contributed by atoms with Gasteiger partial charge in [-0.2, -0.15) is 0 Å². The van der Waals surface area contributed by atoms with Crippen LogP contribution in [0.4, 0.5) is 0 Å². The summed E-state index contributed by atoms with van der Waals surface area (Å²) in [6.07, 6.45) is 3.81. The number of nitrogens with two attached hydrogens (primary N) is 1. The summed E-state index contributed by atoms with van der Waals surface area (Å²) in [6.45, 7) is 0. The van der Waals surface area contributed by atoms with E-state index in [4.69, 9.17) is 10.6 Å². The van der Waals surface area contributed by atoms with Gasteiger partial charge in [0.2, 0.25) is 0 Å². The number of hydrazine groups is 1. The van der Waals surface area contributed by atoms with Crippen molar-refractivity contribution in [1.82, 2.24) is 10.4 Å². The number of aromatic nitrogens is 1. The molecule has 2 heterocycles. The molecule has 1 aliphatic heterocycles. The fourth-order valence-corrected chi connectivity index (χ4v) is 4.58. The molecule has 0 aromatic carbocycles. The summed E-state index contributed by atoms with van der Waals surface area (Å²) in [6, 6.07) is 2.95. The maximum atomic E-state index is 12.2. The van der Waals surface area contributed by atoms with Crippen molar-refractivity contribution in [2.24, 2.45) is 5.84 Å². The van der Waals surface area contributed by atoms with Crippen molar-refractivity contribution in [1.29, 1.82) is 0 Å². The number of hydrogen-bond donors (Lipinski definition) is 2. The molecule has 0 bridgehead atoms. The molecular weight excluding hydrogens is 266 g/mol. The Labute approximate surface area is 113 Å². The van der Waals surface area contributed by atoms with Crippen molar-refractivity contribution in [2.45, 2.75) is 30.6 Å². The molecule has 1 saturated heterocycles. The van der Waals surface area contributed by atoms with Gasteiger partial charge < -0.3 is 4.74 Å². The van der Waals surface area contributed by atoms with Gasteiger partial charge in [-0.1, -0.05) is 6.42 Å². The lowest BCUT2D eigenvalue weighted by atomic mass is 10.0. The van der Waals surface area contributed by atoms with Gasteiger partial charge in [-0.3, -0.25) is 10.8 Å². The van der Waals surface area contributed by atoms with E-state index in [1.54, 1.807) is 18.3 Å². The number of ether oxygens (including phenoxy) is 1. The molecule has 6 nitrogen and oxygen atoms in total. The summed E-state index contributed by atoms with van der Waals surface area (Å²) >= 11 is 0. The number of pyridine rings is 1. The molecule has 0 spiro atoms. The quantitative estimate of drug-likeness (QED) is 0.620. The van der Waals surface area contributed by atoms with Crippen LogP contribution in [0.25, 0.3) is 0 Å². The Balaban J connectivity index is 2.39. The van der Waals surface area contributed by atoms with Crippen LogP contribution >= 0.6 is 0 Å². The molecule has 0 radical (unpaired) electrons. The Hall–Kier alpha value is -1.18. The Morgan fingerprint density at radius 1 is 1.53 bits per heavy atom.